The van der Waals surface area contributed by atoms with Crippen molar-refractivity contribution in [3.63, 3.8) is 0 Å². The summed E-state index contributed by atoms with van der Waals surface area (Å²) < 4.78 is 0. The van der Waals surface area contributed by atoms with Gasteiger partial charge in [-0.15, -0.1) is 0 Å². The maximum Gasteiger partial charge on any atom is 0.230 e. The average molecular weight is 131 g/mol. The third-order valence-corrected chi connectivity index (χ3v) is 0.770. The van der Waals surface area contributed by atoms with Crippen LogP contribution in [0.15, 0.2) is 0 Å². The highest BCUT2D eigenvalue weighted by Gasteiger charge is 1.85. The maximum atomic E-state index is 10.2. The molecule has 0 aromatic carbocycles. The molecule has 0 aromatic heterocycles. The molecule has 4 heteroatoms. The maximum absolute atomic E-state index is 10.2. The summed E-state index contributed by atoms with van der Waals surface area (Å²) in [7, 11) is 0. The van der Waals surface area contributed by atoms with Crippen molar-refractivity contribution < 1.29 is 4.79 Å². The van der Waals surface area contributed by atoms with Gasteiger partial charge in [0.15, 0.2) is 0 Å². The Balaban J connectivity index is 2.83. The van der Waals surface area contributed by atoms with Crippen LogP contribution in [-0.2, 0) is 4.79 Å². The molecule has 0 unspecified atom stereocenters. The van der Waals surface area contributed by atoms with Gasteiger partial charge in [0.05, 0.1) is 0 Å². The van der Waals surface area contributed by atoms with Crippen molar-refractivity contribution in [2.45, 2.75) is 13.3 Å². The van der Waals surface area contributed by atoms with Crippen LogP contribution in [0.4, 0.5) is 0 Å². The zero-order valence-corrected chi connectivity index (χ0v) is 5.61. The van der Waals surface area contributed by atoms with E-state index in [-0.39, 0.29) is 5.91 Å². The number of carbonyl (C=O) groups is 1. The second-order valence-electron chi connectivity index (χ2n) is 1.75. The Labute approximate surface area is 54.8 Å². The quantitative estimate of drug-likeness (QED) is 0.338. The van der Waals surface area contributed by atoms with Crippen molar-refractivity contribution in [1.29, 1.82) is 0 Å². The minimum absolute atomic E-state index is 0.0768. The minimum Gasteiger partial charge on any atom is -0.330 e. The van der Waals surface area contributed by atoms with Gasteiger partial charge >= 0.3 is 0 Å². The number of nitrogens with one attached hydrogen (secondary N) is 2. The molecule has 0 saturated carbocycles. The molecule has 0 spiro atoms. The summed E-state index contributed by atoms with van der Waals surface area (Å²) in [6.45, 7) is 2.83. The van der Waals surface area contributed by atoms with Gasteiger partial charge in [0, 0.05) is 13.5 Å². The van der Waals surface area contributed by atoms with Crippen molar-refractivity contribution in [2.24, 2.45) is 5.73 Å². The molecule has 1 amide bonds. The number of hydrogen-bond acceptors (Lipinski definition) is 3. The van der Waals surface area contributed by atoms with E-state index in [0.29, 0.717) is 6.54 Å². The van der Waals surface area contributed by atoms with Gasteiger partial charge in [0.2, 0.25) is 5.91 Å². The van der Waals surface area contributed by atoms with Gasteiger partial charge < -0.3 is 5.73 Å². The monoisotopic (exact) mass is 131 g/mol. The summed E-state index contributed by atoms with van der Waals surface area (Å²) >= 11 is 0. The first-order valence-corrected chi connectivity index (χ1v) is 2.97. The molecule has 0 fully saturated rings. The topological polar surface area (TPSA) is 67.2 Å². The first-order valence-electron chi connectivity index (χ1n) is 2.97. The van der Waals surface area contributed by atoms with Crippen LogP contribution in [0, 0.1) is 0 Å². The lowest BCUT2D eigenvalue weighted by Crippen LogP contribution is -2.36. The first kappa shape index (κ1) is 8.39. The minimum atomic E-state index is -0.0768. The molecule has 0 heterocycles. The molecule has 0 aliphatic heterocycles. The molecular formula is C5H13N3O. The molecule has 0 aliphatic rings. The smallest absolute Gasteiger partial charge is 0.230 e. The van der Waals surface area contributed by atoms with E-state index in [1.165, 1.54) is 6.92 Å². The van der Waals surface area contributed by atoms with Crippen molar-refractivity contribution in [2.75, 3.05) is 13.1 Å². The van der Waals surface area contributed by atoms with E-state index in [4.69, 9.17) is 5.73 Å². The van der Waals surface area contributed by atoms with Crippen molar-refractivity contribution in [3.8, 4) is 0 Å². The fraction of sp³-hybridized carbons (Fsp3) is 0.800. The van der Waals surface area contributed by atoms with Gasteiger partial charge in [-0.1, -0.05) is 0 Å². The Kier molecular flexibility index (Phi) is 5.15. The highest BCUT2D eigenvalue weighted by atomic mass is 16.2. The van der Waals surface area contributed by atoms with Gasteiger partial charge in [-0.05, 0) is 13.0 Å². The van der Waals surface area contributed by atoms with E-state index in [1.54, 1.807) is 0 Å². The zero-order valence-electron chi connectivity index (χ0n) is 5.61. The molecule has 4 N–H and O–H groups in total. The van der Waals surface area contributed by atoms with Crippen molar-refractivity contribution in [3.05, 3.63) is 0 Å². The summed E-state index contributed by atoms with van der Waals surface area (Å²) in [5.41, 5.74) is 10.3. The highest BCUT2D eigenvalue weighted by molar-refractivity contribution is 5.72. The van der Waals surface area contributed by atoms with Gasteiger partial charge in [-0.3, -0.25) is 10.2 Å². The molecule has 54 valence electrons. The third-order valence-electron chi connectivity index (χ3n) is 0.770. The lowest BCUT2D eigenvalue weighted by molar-refractivity contribution is -0.119. The van der Waals surface area contributed by atoms with Gasteiger partial charge in [-0.25, -0.2) is 5.43 Å². The predicted molar refractivity (Wildman–Crippen MR) is 35.5 cm³/mol. The van der Waals surface area contributed by atoms with E-state index >= 15 is 0 Å². The number of hydrogen-bond donors (Lipinski definition) is 3. The van der Waals surface area contributed by atoms with E-state index in [1.807, 2.05) is 0 Å². The van der Waals surface area contributed by atoms with Gasteiger partial charge in [-0.2, -0.15) is 0 Å². The Hall–Kier alpha value is -0.610. The largest absolute Gasteiger partial charge is 0.330 e. The molecule has 0 aromatic rings. The van der Waals surface area contributed by atoms with Crippen LogP contribution in [0.2, 0.25) is 0 Å². The molecule has 0 rings (SSSR count). The summed E-state index contributed by atoms with van der Waals surface area (Å²) in [6.07, 6.45) is 0.875. The molecular weight excluding hydrogens is 118 g/mol. The Morgan fingerprint density at radius 3 is 2.78 bits per heavy atom. The Morgan fingerprint density at radius 2 is 2.33 bits per heavy atom. The molecule has 0 saturated heterocycles. The van der Waals surface area contributed by atoms with Gasteiger partial charge in [0.1, 0.15) is 0 Å². The van der Waals surface area contributed by atoms with E-state index in [0.717, 1.165) is 13.0 Å². The van der Waals surface area contributed by atoms with E-state index in [9.17, 15) is 4.79 Å². The molecule has 0 radical (unpaired) electrons. The van der Waals surface area contributed by atoms with Crippen LogP contribution in [0.5, 0.6) is 0 Å². The Morgan fingerprint density at radius 1 is 1.67 bits per heavy atom. The third kappa shape index (κ3) is 7.39. The summed E-state index contributed by atoms with van der Waals surface area (Å²) in [4.78, 5) is 10.2. The van der Waals surface area contributed by atoms with Gasteiger partial charge in [0.25, 0.3) is 0 Å². The number of carbonyl (C=O) groups excluding carboxylic acids is 1. The van der Waals surface area contributed by atoms with Crippen LogP contribution < -0.4 is 16.6 Å². The molecule has 0 aliphatic carbocycles. The molecule has 0 atom stereocenters. The highest BCUT2D eigenvalue weighted by Crippen LogP contribution is 1.65. The van der Waals surface area contributed by atoms with Crippen LogP contribution in [0.25, 0.3) is 0 Å². The molecule has 9 heavy (non-hydrogen) atoms. The Bertz CT molecular complexity index is 84.3. The average Bonchev–Trinajstić information content (AvgIpc) is 1.80. The van der Waals surface area contributed by atoms with Crippen LogP contribution in [-0.4, -0.2) is 19.0 Å². The summed E-state index contributed by atoms with van der Waals surface area (Å²) in [6, 6.07) is 0. The van der Waals surface area contributed by atoms with E-state index < -0.39 is 0 Å². The lowest BCUT2D eigenvalue weighted by Gasteiger charge is -2.01. The lowest BCUT2D eigenvalue weighted by atomic mass is 10.4. The predicted octanol–water partition coefficient (Wildman–Crippen LogP) is -1.02. The van der Waals surface area contributed by atoms with Crippen LogP contribution in [0.3, 0.4) is 0 Å². The first-order chi connectivity index (χ1) is 4.27. The number of nitrogens with two attached hydrogens (primary N) is 1. The number of amides is 1. The SMILES string of the molecule is CC(=O)NNCCCN. The van der Waals surface area contributed by atoms with Crippen molar-refractivity contribution >= 4 is 5.91 Å². The second-order valence-corrected chi connectivity index (χ2v) is 1.75. The second kappa shape index (κ2) is 5.53. The summed E-state index contributed by atoms with van der Waals surface area (Å²) in [5, 5.41) is 0. The number of hydrazine groups is 1. The van der Waals surface area contributed by atoms with Crippen molar-refractivity contribution in [1.82, 2.24) is 10.9 Å². The fourth-order valence-corrected chi connectivity index (χ4v) is 0.377. The standard InChI is InChI=1S/C5H13N3O/c1-5(9)8-7-4-2-3-6/h7H,2-4,6H2,1H3,(H,8,9). The normalized spacial score (nSPS) is 9.11. The van der Waals surface area contributed by atoms with E-state index in [2.05, 4.69) is 10.9 Å². The van der Waals surface area contributed by atoms with Crippen LogP contribution >= 0.6 is 0 Å². The number of rotatable bonds is 4. The summed E-state index contributed by atoms with van der Waals surface area (Å²) in [5.74, 6) is -0.0768. The van der Waals surface area contributed by atoms with Crippen LogP contribution in [0.1, 0.15) is 13.3 Å². The molecule has 0 bridgehead atoms. The molecule has 4 nitrogen and oxygen atoms in total. The fourth-order valence-electron chi connectivity index (χ4n) is 0.377. The zero-order chi connectivity index (χ0) is 7.11.